The summed E-state index contributed by atoms with van der Waals surface area (Å²) in [5, 5.41) is 3.78. The van der Waals surface area contributed by atoms with Crippen LogP contribution < -0.4 is 5.32 Å². The van der Waals surface area contributed by atoms with Gasteiger partial charge in [-0.15, -0.1) is 0 Å². The number of benzene rings is 2. The van der Waals surface area contributed by atoms with Crippen molar-refractivity contribution in [1.82, 2.24) is 4.90 Å². The number of rotatable bonds is 6. The first-order valence-corrected chi connectivity index (χ1v) is 9.73. The second kappa shape index (κ2) is 8.53. The molecule has 3 rings (SSSR count). The SMILES string of the molecule is Cc1ccc(C)c(NC2CCN(C(C)CCc3ccccc3)CC2)c1. The zero-order chi connectivity index (χ0) is 17.6. The molecule has 0 aliphatic carbocycles. The molecule has 1 saturated heterocycles. The quantitative estimate of drug-likeness (QED) is 0.780. The van der Waals surface area contributed by atoms with Crippen LogP contribution in [0.15, 0.2) is 48.5 Å². The summed E-state index contributed by atoms with van der Waals surface area (Å²) in [5.74, 6) is 0. The third-order valence-corrected chi connectivity index (χ3v) is 5.60. The van der Waals surface area contributed by atoms with Gasteiger partial charge in [0.25, 0.3) is 0 Å². The van der Waals surface area contributed by atoms with E-state index in [1.54, 1.807) is 0 Å². The lowest BCUT2D eigenvalue weighted by atomic mass is 9.99. The molecule has 2 heteroatoms. The van der Waals surface area contributed by atoms with Crippen LogP contribution in [0, 0.1) is 13.8 Å². The Hall–Kier alpha value is -1.80. The van der Waals surface area contributed by atoms with E-state index in [2.05, 4.69) is 79.5 Å². The van der Waals surface area contributed by atoms with Gasteiger partial charge < -0.3 is 10.2 Å². The van der Waals surface area contributed by atoms with Crippen molar-refractivity contribution >= 4 is 5.69 Å². The summed E-state index contributed by atoms with van der Waals surface area (Å²) < 4.78 is 0. The summed E-state index contributed by atoms with van der Waals surface area (Å²) >= 11 is 0. The van der Waals surface area contributed by atoms with Crippen LogP contribution >= 0.6 is 0 Å². The van der Waals surface area contributed by atoms with E-state index in [4.69, 9.17) is 0 Å². The van der Waals surface area contributed by atoms with Gasteiger partial charge in [-0.3, -0.25) is 0 Å². The first kappa shape index (κ1) is 18.0. The summed E-state index contributed by atoms with van der Waals surface area (Å²) in [4.78, 5) is 2.67. The number of piperidine rings is 1. The lowest BCUT2D eigenvalue weighted by Gasteiger charge is -2.37. The van der Waals surface area contributed by atoms with Crippen molar-refractivity contribution in [3.8, 4) is 0 Å². The van der Waals surface area contributed by atoms with Crippen LogP contribution in [-0.4, -0.2) is 30.1 Å². The van der Waals surface area contributed by atoms with Crippen molar-refractivity contribution in [1.29, 1.82) is 0 Å². The number of likely N-dealkylation sites (tertiary alicyclic amines) is 1. The fraction of sp³-hybridized carbons (Fsp3) is 0.478. The van der Waals surface area contributed by atoms with Crippen LogP contribution in [0.25, 0.3) is 0 Å². The maximum absolute atomic E-state index is 3.78. The van der Waals surface area contributed by atoms with Gasteiger partial charge in [0.2, 0.25) is 0 Å². The van der Waals surface area contributed by atoms with Crippen LogP contribution in [-0.2, 0) is 6.42 Å². The highest BCUT2D eigenvalue weighted by atomic mass is 15.2. The van der Waals surface area contributed by atoms with E-state index in [1.165, 1.54) is 61.2 Å². The molecule has 1 aliphatic heterocycles. The van der Waals surface area contributed by atoms with E-state index in [1.807, 2.05) is 0 Å². The van der Waals surface area contributed by atoms with Crippen molar-refractivity contribution < 1.29 is 0 Å². The molecular weight excluding hydrogens is 304 g/mol. The molecule has 1 N–H and O–H groups in total. The molecule has 1 atom stereocenters. The molecule has 2 aromatic carbocycles. The van der Waals surface area contributed by atoms with Gasteiger partial charge in [0.05, 0.1) is 0 Å². The molecule has 25 heavy (non-hydrogen) atoms. The Morgan fingerprint density at radius 1 is 1.04 bits per heavy atom. The van der Waals surface area contributed by atoms with Gasteiger partial charge in [-0.1, -0.05) is 42.5 Å². The fourth-order valence-corrected chi connectivity index (χ4v) is 3.80. The Morgan fingerprint density at radius 3 is 2.48 bits per heavy atom. The van der Waals surface area contributed by atoms with Crippen molar-refractivity contribution in [2.24, 2.45) is 0 Å². The zero-order valence-electron chi connectivity index (χ0n) is 16.0. The Morgan fingerprint density at radius 2 is 1.76 bits per heavy atom. The maximum atomic E-state index is 3.78. The highest BCUT2D eigenvalue weighted by Crippen LogP contribution is 2.22. The highest BCUT2D eigenvalue weighted by Gasteiger charge is 2.22. The van der Waals surface area contributed by atoms with Crippen LogP contribution in [0.5, 0.6) is 0 Å². The third kappa shape index (κ3) is 5.09. The zero-order valence-corrected chi connectivity index (χ0v) is 16.0. The Balaban J connectivity index is 1.45. The molecule has 0 spiro atoms. The number of nitrogens with one attached hydrogen (secondary N) is 1. The monoisotopic (exact) mass is 336 g/mol. The van der Waals surface area contributed by atoms with Gasteiger partial charge in [0, 0.05) is 30.9 Å². The molecule has 134 valence electrons. The normalized spacial score (nSPS) is 17.4. The van der Waals surface area contributed by atoms with Crippen LogP contribution in [0.1, 0.15) is 42.9 Å². The van der Waals surface area contributed by atoms with Crippen LogP contribution in [0.3, 0.4) is 0 Å². The Labute approximate surface area is 153 Å². The summed E-state index contributed by atoms with van der Waals surface area (Å²) in [5.41, 5.74) is 5.46. The molecular formula is C23H32N2. The van der Waals surface area contributed by atoms with E-state index in [0.717, 1.165) is 0 Å². The summed E-state index contributed by atoms with van der Waals surface area (Å²) in [7, 11) is 0. The van der Waals surface area contributed by atoms with Crippen LogP contribution in [0.2, 0.25) is 0 Å². The topological polar surface area (TPSA) is 15.3 Å². The number of anilines is 1. The molecule has 1 aliphatic rings. The van der Waals surface area contributed by atoms with E-state index in [0.29, 0.717) is 12.1 Å². The van der Waals surface area contributed by atoms with Crippen LogP contribution in [0.4, 0.5) is 5.69 Å². The molecule has 0 bridgehead atoms. The number of aryl methyl sites for hydroxylation is 3. The predicted octanol–water partition coefficient (Wildman–Crippen LogP) is 5.20. The molecule has 1 unspecified atom stereocenters. The average Bonchev–Trinajstić information content (AvgIpc) is 2.64. The number of nitrogens with zero attached hydrogens (tertiary/aromatic N) is 1. The Kier molecular flexibility index (Phi) is 6.14. The van der Waals surface area contributed by atoms with E-state index in [-0.39, 0.29) is 0 Å². The fourth-order valence-electron chi connectivity index (χ4n) is 3.80. The van der Waals surface area contributed by atoms with Crippen molar-refractivity contribution in [3.63, 3.8) is 0 Å². The van der Waals surface area contributed by atoms with Gasteiger partial charge >= 0.3 is 0 Å². The lowest BCUT2D eigenvalue weighted by Crippen LogP contribution is -2.43. The molecule has 0 aromatic heterocycles. The van der Waals surface area contributed by atoms with Gasteiger partial charge in [-0.2, -0.15) is 0 Å². The number of hydrogen-bond donors (Lipinski definition) is 1. The maximum Gasteiger partial charge on any atom is 0.0374 e. The van der Waals surface area contributed by atoms with E-state index < -0.39 is 0 Å². The van der Waals surface area contributed by atoms with E-state index >= 15 is 0 Å². The smallest absolute Gasteiger partial charge is 0.0374 e. The minimum Gasteiger partial charge on any atom is -0.382 e. The van der Waals surface area contributed by atoms with Gasteiger partial charge in [-0.05, 0) is 69.2 Å². The Bertz CT molecular complexity index is 657. The second-order valence-electron chi connectivity index (χ2n) is 7.65. The summed E-state index contributed by atoms with van der Waals surface area (Å²) in [6.45, 7) is 9.17. The molecule has 0 radical (unpaired) electrons. The van der Waals surface area contributed by atoms with Gasteiger partial charge in [0.15, 0.2) is 0 Å². The molecule has 2 nitrogen and oxygen atoms in total. The molecule has 0 amide bonds. The van der Waals surface area contributed by atoms with Gasteiger partial charge in [-0.25, -0.2) is 0 Å². The predicted molar refractivity (Wildman–Crippen MR) is 108 cm³/mol. The second-order valence-corrected chi connectivity index (χ2v) is 7.65. The molecule has 1 heterocycles. The lowest BCUT2D eigenvalue weighted by molar-refractivity contribution is 0.160. The first-order valence-electron chi connectivity index (χ1n) is 9.73. The standard InChI is InChI=1S/C23H32N2/c1-18-9-10-19(2)23(17-18)24-22-13-15-25(16-14-22)20(3)11-12-21-7-5-4-6-8-21/h4-10,17,20,22,24H,11-16H2,1-3H3. The van der Waals surface area contributed by atoms with E-state index in [9.17, 15) is 0 Å². The third-order valence-electron chi connectivity index (χ3n) is 5.60. The number of hydrogen-bond acceptors (Lipinski definition) is 2. The molecule has 2 aromatic rings. The minimum absolute atomic E-state index is 0.609. The minimum atomic E-state index is 0.609. The van der Waals surface area contributed by atoms with Gasteiger partial charge in [0.1, 0.15) is 0 Å². The van der Waals surface area contributed by atoms with Crippen molar-refractivity contribution in [2.45, 2.75) is 58.5 Å². The summed E-state index contributed by atoms with van der Waals surface area (Å²) in [6.07, 6.45) is 4.91. The first-order chi connectivity index (χ1) is 12.1. The van der Waals surface area contributed by atoms with Crippen molar-refractivity contribution in [2.75, 3.05) is 18.4 Å². The highest BCUT2D eigenvalue weighted by molar-refractivity contribution is 5.53. The summed E-state index contributed by atoms with van der Waals surface area (Å²) in [6, 6.07) is 18.8. The average molecular weight is 337 g/mol. The molecule has 1 fully saturated rings. The molecule has 0 saturated carbocycles. The largest absolute Gasteiger partial charge is 0.382 e. The van der Waals surface area contributed by atoms with Crippen molar-refractivity contribution in [3.05, 3.63) is 65.2 Å².